The Morgan fingerprint density at radius 1 is 0.844 bits per heavy atom. The lowest BCUT2D eigenvalue weighted by Crippen LogP contribution is -2.12. The molecule has 2 aromatic heterocycles. The number of rotatable bonds is 10. The number of nitrogens with zero attached hydrogens (tertiary/aromatic N) is 3. The highest BCUT2D eigenvalue weighted by molar-refractivity contribution is 6.05. The molecule has 0 unspecified atom stereocenters. The number of aromatic nitrogens is 3. The van der Waals surface area contributed by atoms with Gasteiger partial charge in [0.15, 0.2) is 11.4 Å². The van der Waals surface area contributed by atoms with Gasteiger partial charge in [0.2, 0.25) is 0 Å². The number of amides is 1. The molecule has 0 saturated heterocycles. The van der Waals surface area contributed by atoms with Gasteiger partial charge in [0.05, 0.1) is 11.1 Å². The van der Waals surface area contributed by atoms with Crippen LogP contribution in [0.2, 0.25) is 0 Å². The fourth-order valence-corrected chi connectivity index (χ4v) is 4.57. The van der Waals surface area contributed by atoms with E-state index in [1.54, 1.807) is 18.2 Å². The van der Waals surface area contributed by atoms with Crippen LogP contribution < -0.4 is 20.1 Å². The molecule has 0 bridgehead atoms. The third-order valence-electron chi connectivity index (χ3n) is 7.01. The van der Waals surface area contributed by atoms with Crippen LogP contribution in [0, 0.1) is 5.82 Å². The number of hydrogen-bond acceptors (Lipinski definition) is 7. The molecule has 2 N–H and O–H groups in total. The molecule has 2 heterocycles. The predicted octanol–water partition coefficient (Wildman–Crippen LogP) is 8.65. The van der Waals surface area contributed by atoms with Crippen molar-refractivity contribution in [3.8, 4) is 17.2 Å². The Balaban J connectivity index is 1.28. The fraction of sp³-hybridized carbons (Fsp3) is 0.111. The summed E-state index contributed by atoms with van der Waals surface area (Å²) in [5.74, 6) is 1.74. The molecule has 0 aliphatic rings. The maximum atomic E-state index is 13.4. The molecular weight excluding hydrogens is 569 g/mol. The van der Waals surface area contributed by atoms with E-state index in [0.717, 1.165) is 11.3 Å². The van der Waals surface area contributed by atoms with Gasteiger partial charge in [-0.3, -0.25) is 4.79 Å². The molecule has 45 heavy (non-hydrogen) atoms. The minimum Gasteiger partial charge on any atom is -0.489 e. The molecule has 0 saturated carbocycles. The van der Waals surface area contributed by atoms with E-state index in [9.17, 15) is 9.18 Å². The van der Waals surface area contributed by atoms with E-state index in [-0.39, 0.29) is 17.6 Å². The Labute approximate surface area is 259 Å². The standard InChI is InChI=1S/C36H30FN5O3/c1-23(2)31-18-17-30-34(41-31)38-22-39-35(30)42-32-20-25(36(43)40-27-11-9-26(37)10-12-27)8-19-33(32)45-29-15-13-28(14-16-29)44-21-24-6-4-3-5-7-24/h3-20,22-23H,21H2,1-2H3,(H,40,43)(H,38,39,41,42). The summed E-state index contributed by atoms with van der Waals surface area (Å²) in [6.45, 7) is 4.60. The maximum Gasteiger partial charge on any atom is 0.255 e. The highest BCUT2D eigenvalue weighted by Crippen LogP contribution is 2.35. The monoisotopic (exact) mass is 599 g/mol. The van der Waals surface area contributed by atoms with Gasteiger partial charge in [-0.1, -0.05) is 44.2 Å². The van der Waals surface area contributed by atoms with E-state index in [2.05, 4.69) is 39.4 Å². The fourth-order valence-electron chi connectivity index (χ4n) is 4.57. The van der Waals surface area contributed by atoms with Gasteiger partial charge >= 0.3 is 0 Å². The van der Waals surface area contributed by atoms with E-state index in [1.807, 2.05) is 66.7 Å². The number of nitrogens with one attached hydrogen (secondary N) is 2. The second-order valence-corrected chi connectivity index (χ2v) is 10.6. The average molecular weight is 600 g/mol. The van der Waals surface area contributed by atoms with Gasteiger partial charge in [0.1, 0.15) is 36.1 Å². The highest BCUT2D eigenvalue weighted by Gasteiger charge is 2.15. The number of halogens is 1. The van der Waals surface area contributed by atoms with Crippen molar-refractivity contribution in [3.63, 3.8) is 0 Å². The van der Waals surface area contributed by atoms with Crippen molar-refractivity contribution in [2.45, 2.75) is 26.4 Å². The first-order valence-electron chi connectivity index (χ1n) is 14.5. The van der Waals surface area contributed by atoms with Crippen LogP contribution in [0.5, 0.6) is 17.2 Å². The second kappa shape index (κ2) is 13.2. The summed E-state index contributed by atoms with van der Waals surface area (Å²) in [5.41, 5.74) is 3.88. The van der Waals surface area contributed by atoms with E-state index in [0.29, 0.717) is 57.6 Å². The van der Waals surface area contributed by atoms with Gasteiger partial charge in [-0.15, -0.1) is 0 Å². The first-order chi connectivity index (χ1) is 21.9. The number of hydrogen-bond donors (Lipinski definition) is 2. The Morgan fingerprint density at radius 3 is 2.36 bits per heavy atom. The van der Waals surface area contributed by atoms with Gasteiger partial charge in [0, 0.05) is 16.9 Å². The Kier molecular flexibility index (Phi) is 8.59. The van der Waals surface area contributed by atoms with Crippen LogP contribution in [0.3, 0.4) is 0 Å². The SMILES string of the molecule is CC(C)c1ccc2c(Nc3cc(C(=O)Nc4ccc(F)cc4)ccc3Oc3ccc(OCc4ccccc4)cc3)ncnc2n1. The third kappa shape index (κ3) is 7.22. The largest absolute Gasteiger partial charge is 0.489 e. The minimum absolute atomic E-state index is 0.243. The summed E-state index contributed by atoms with van der Waals surface area (Å²) in [4.78, 5) is 26.7. The third-order valence-corrected chi connectivity index (χ3v) is 7.01. The number of pyridine rings is 1. The van der Waals surface area contributed by atoms with Crippen molar-refractivity contribution >= 4 is 34.1 Å². The molecule has 6 aromatic rings. The van der Waals surface area contributed by atoms with Crippen LogP contribution in [0.1, 0.15) is 41.4 Å². The van der Waals surface area contributed by atoms with Crippen molar-refractivity contribution in [2.75, 3.05) is 10.6 Å². The number of carbonyl (C=O) groups excluding carboxylic acids is 1. The number of carbonyl (C=O) groups is 1. The quantitative estimate of drug-likeness (QED) is 0.163. The molecule has 9 heteroatoms. The van der Waals surface area contributed by atoms with Crippen LogP contribution in [0.25, 0.3) is 11.0 Å². The lowest BCUT2D eigenvalue weighted by atomic mass is 10.1. The number of ether oxygens (including phenoxy) is 2. The summed E-state index contributed by atoms with van der Waals surface area (Å²) in [5, 5.41) is 6.85. The van der Waals surface area contributed by atoms with E-state index < -0.39 is 0 Å². The van der Waals surface area contributed by atoms with E-state index in [1.165, 1.54) is 30.6 Å². The van der Waals surface area contributed by atoms with Gasteiger partial charge in [-0.05, 0) is 90.3 Å². The van der Waals surface area contributed by atoms with Gasteiger partial charge in [-0.25, -0.2) is 19.3 Å². The average Bonchev–Trinajstić information content (AvgIpc) is 3.06. The molecule has 224 valence electrons. The van der Waals surface area contributed by atoms with Crippen LogP contribution in [0.4, 0.5) is 21.6 Å². The molecule has 0 aliphatic heterocycles. The molecule has 0 radical (unpaired) electrons. The first-order valence-corrected chi connectivity index (χ1v) is 14.5. The van der Waals surface area contributed by atoms with Gasteiger partial charge in [-0.2, -0.15) is 0 Å². The maximum absolute atomic E-state index is 13.4. The summed E-state index contributed by atoms with van der Waals surface area (Å²) in [6, 6.07) is 31.8. The highest BCUT2D eigenvalue weighted by atomic mass is 19.1. The van der Waals surface area contributed by atoms with Crippen molar-refractivity contribution in [2.24, 2.45) is 0 Å². The number of anilines is 3. The molecule has 8 nitrogen and oxygen atoms in total. The first kappa shape index (κ1) is 29.3. The summed E-state index contributed by atoms with van der Waals surface area (Å²) < 4.78 is 25.6. The molecule has 6 rings (SSSR count). The summed E-state index contributed by atoms with van der Waals surface area (Å²) in [7, 11) is 0. The Bertz CT molecular complexity index is 1930. The topological polar surface area (TPSA) is 98.3 Å². The van der Waals surface area contributed by atoms with Crippen molar-refractivity contribution in [1.82, 2.24) is 15.0 Å². The molecule has 0 atom stereocenters. The van der Waals surface area contributed by atoms with Crippen molar-refractivity contribution in [3.05, 3.63) is 138 Å². The van der Waals surface area contributed by atoms with Crippen molar-refractivity contribution in [1.29, 1.82) is 0 Å². The number of fused-ring (bicyclic) bond motifs is 1. The Hall–Kier alpha value is -5.83. The predicted molar refractivity (Wildman–Crippen MR) is 173 cm³/mol. The molecule has 1 amide bonds. The Morgan fingerprint density at radius 2 is 1.60 bits per heavy atom. The summed E-state index contributed by atoms with van der Waals surface area (Å²) >= 11 is 0. The van der Waals surface area contributed by atoms with Crippen LogP contribution in [-0.2, 0) is 6.61 Å². The van der Waals surface area contributed by atoms with Crippen LogP contribution in [0.15, 0.2) is 116 Å². The lowest BCUT2D eigenvalue weighted by Gasteiger charge is -2.16. The molecule has 0 spiro atoms. The zero-order valence-electron chi connectivity index (χ0n) is 24.7. The molecule has 4 aromatic carbocycles. The van der Waals surface area contributed by atoms with E-state index >= 15 is 0 Å². The summed E-state index contributed by atoms with van der Waals surface area (Å²) in [6.07, 6.45) is 1.45. The van der Waals surface area contributed by atoms with Crippen LogP contribution >= 0.6 is 0 Å². The lowest BCUT2D eigenvalue weighted by molar-refractivity contribution is 0.102. The number of benzene rings is 4. The molecule has 0 fully saturated rings. The zero-order valence-corrected chi connectivity index (χ0v) is 24.7. The second-order valence-electron chi connectivity index (χ2n) is 10.6. The normalized spacial score (nSPS) is 10.9. The molecule has 0 aliphatic carbocycles. The zero-order chi connectivity index (χ0) is 31.2. The van der Waals surface area contributed by atoms with E-state index in [4.69, 9.17) is 9.47 Å². The van der Waals surface area contributed by atoms with Gasteiger partial charge in [0.25, 0.3) is 5.91 Å². The van der Waals surface area contributed by atoms with Gasteiger partial charge < -0.3 is 20.1 Å². The van der Waals surface area contributed by atoms with Crippen molar-refractivity contribution < 1.29 is 18.7 Å². The smallest absolute Gasteiger partial charge is 0.255 e. The molecular formula is C36H30FN5O3. The minimum atomic E-state index is -0.385. The van der Waals surface area contributed by atoms with Crippen LogP contribution in [-0.4, -0.2) is 20.9 Å².